The normalized spacial score (nSPS) is 18.3. The molecule has 1 aliphatic heterocycles. The summed E-state index contributed by atoms with van der Waals surface area (Å²) in [5.41, 5.74) is 1.07. The van der Waals surface area contributed by atoms with E-state index in [4.69, 9.17) is 23.2 Å². The Bertz CT molecular complexity index is 1000. The fraction of sp³-hybridized carbons (Fsp3) is 0.391. The number of Topliss-reactive ketones (excluding diaryl/α,β-unsaturated/α-hetero) is 1. The van der Waals surface area contributed by atoms with Crippen LogP contribution in [0.5, 0.6) is 0 Å². The first-order valence-corrected chi connectivity index (χ1v) is 10.9. The van der Waals surface area contributed by atoms with Gasteiger partial charge in [-0.1, -0.05) is 42.5 Å². The molecule has 2 aromatic rings. The number of amides is 2. The number of ketones is 1. The number of carbonyl (C=O) groups is 2. The van der Waals surface area contributed by atoms with E-state index in [1.807, 2.05) is 6.92 Å². The molecule has 2 aromatic carbocycles. The molecular formula is C23H23Cl2FN2O2. The van der Waals surface area contributed by atoms with E-state index in [-0.39, 0.29) is 29.1 Å². The highest BCUT2D eigenvalue weighted by molar-refractivity contribution is 6.31. The lowest BCUT2D eigenvalue weighted by Crippen LogP contribution is -2.50. The lowest BCUT2D eigenvalue weighted by atomic mass is 9.81. The zero-order valence-corrected chi connectivity index (χ0v) is 18.3. The van der Waals surface area contributed by atoms with Crippen LogP contribution in [0.3, 0.4) is 0 Å². The molecule has 1 spiro atoms. The molecule has 1 heterocycles. The third-order valence-corrected chi connectivity index (χ3v) is 6.91. The Kier molecular flexibility index (Phi) is 5.78. The van der Waals surface area contributed by atoms with Gasteiger partial charge in [-0.3, -0.25) is 9.69 Å². The van der Waals surface area contributed by atoms with Crippen LogP contribution < -0.4 is 4.90 Å². The van der Waals surface area contributed by atoms with Crippen LogP contribution >= 0.6 is 23.2 Å². The molecule has 1 saturated heterocycles. The fourth-order valence-corrected chi connectivity index (χ4v) is 4.89. The summed E-state index contributed by atoms with van der Waals surface area (Å²) in [6, 6.07) is 9.10. The van der Waals surface area contributed by atoms with Crippen LogP contribution in [0.15, 0.2) is 36.4 Å². The van der Waals surface area contributed by atoms with Crippen molar-refractivity contribution in [2.45, 2.75) is 44.6 Å². The van der Waals surface area contributed by atoms with Gasteiger partial charge >= 0.3 is 6.03 Å². The summed E-state index contributed by atoms with van der Waals surface area (Å²) in [5, 5.41) is 0.873. The third-order valence-electron chi connectivity index (χ3n) is 6.25. The predicted molar refractivity (Wildman–Crippen MR) is 117 cm³/mol. The van der Waals surface area contributed by atoms with Crippen LogP contribution in [-0.4, -0.2) is 35.3 Å². The molecule has 2 fully saturated rings. The molecule has 0 unspecified atom stereocenters. The van der Waals surface area contributed by atoms with Gasteiger partial charge in [0.1, 0.15) is 5.82 Å². The van der Waals surface area contributed by atoms with Crippen molar-refractivity contribution in [2.75, 3.05) is 18.0 Å². The first kappa shape index (κ1) is 21.1. The van der Waals surface area contributed by atoms with Crippen molar-refractivity contribution in [1.29, 1.82) is 0 Å². The molecule has 0 radical (unpaired) electrons. The van der Waals surface area contributed by atoms with Crippen LogP contribution in [0.4, 0.5) is 14.9 Å². The minimum absolute atomic E-state index is 0.0361. The van der Waals surface area contributed by atoms with Crippen molar-refractivity contribution in [3.05, 3.63) is 63.4 Å². The second-order valence-corrected chi connectivity index (χ2v) is 9.07. The molecule has 0 atom stereocenters. The van der Waals surface area contributed by atoms with E-state index in [2.05, 4.69) is 0 Å². The standard InChI is InChI=1S/C23H23Cl2FN2O2/c1-15-11-16(5-7-18(15)25)21(29)13-28-22(30)27(14-23(28)9-3-2-4-10-23)20-8-6-17(24)12-19(20)26/h5-8,11-12H,2-4,9-10,13-14H2,1H3. The van der Waals surface area contributed by atoms with Crippen LogP contribution in [0.2, 0.25) is 10.0 Å². The van der Waals surface area contributed by atoms with Gasteiger partial charge < -0.3 is 4.90 Å². The third kappa shape index (κ3) is 3.81. The van der Waals surface area contributed by atoms with Gasteiger partial charge in [0.15, 0.2) is 5.78 Å². The highest BCUT2D eigenvalue weighted by Crippen LogP contribution is 2.42. The summed E-state index contributed by atoms with van der Waals surface area (Å²) in [6.07, 6.45) is 4.67. The average molecular weight is 449 g/mol. The van der Waals surface area contributed by atoms with Gasteiger partial charge in [-0.2, -0.15) is 0 Å². The summed E-state index contributed by atoms with van der Waals surface area (Å²) < 4.78 is 14.6. The smallest absolute Gasteiger partial charge is 0.309 e. The lowest BCUT2D eigenvalue weighted by Gasteiger charge is -2.39. The van der Waals surface area contributed by atoms with Crippen molar-refractivity contribution in [2.24, 2.45) is 0 Å². The molecule has 1 saturated carbocycles. The Hall–Kier alpha value is -2.11. The first-order valence-electron chi connectivity index (χ1n) is 10.1. The quantitative estimate of drug-likeness (QED) is 0.517. The molecule has 4 nitrogen and oxygen atoms in total. The number of rotatable bonds is 4. The summed E-state index contributed by atoms with van der Waals surface area (Å²) >= 11 is 12.0. The summed E-state index contributed by atoms with van der Waals surface area (Å²) in [6.45, 7) is 2.18. The summed E-state index contributed by atoms with van der Waals surface area (Å²) in [5.74, 6) is -0.685. The summed E-state index contributed by atoms with van der Waals surface area (Å²) in [7, 11) is 0. The Balaban J connectivity index is 1.66. The number of urea groups is 1. The maximum atomic E-state index is 14.6. The van der Waals surface area contributed by atoms with Crippen molar-refractivity contribution in [3.8, 4) is 0 Å². The van der Waals surface area contributed by atoms with Crippen molar-refractivity contribution < 1.29 is 14.0 Å². The Morgan fingerprint density at radius 2 is 1.83 bits per heavy atom. The Morgan fingerprint density at radius 3 is 2.50 bits per heavy atom. The second kappa shape index (κ2) is 8.20. The molecule has 158 valence electrons. The molecule has 1 aliphatic carbocycles. The minimum Gasteiger partial charge on any atom is -0.309 e. The van der Waals surface area contributed by atoms with Crippen LogP contribution in [-0.2, 0) is 0 Å². The molecule has 0 N–H and O–H groups in total. The van der Waals surface area contributed by atoms with Crippen molar-refractivity contribution >= 4 is 40.7 Å². The van der Waals surface area contributed by atoms with Gasteiger partial charge in [0, 0.05) is 15.6 Å². The number of nitrogens with zero attached hydrogens (tertiary/aromatic N) is 2. The predicted octanol–water partition coefficient (Wildman–Crippen LogP) is 6.27. The number of carbonyl (C=O) groups excluding carboxylic acids is 2. The van der Waals surface area contributed by atoms with Gasteiger partial charge in [0.2, 0.25) is 0 Å². The highest BCUT2D eigenvalue weighted by atomic mass is 35.5. The molecule has 0 aromatic heterocycles. The van der Waals surface area contributed by atoms with Crippen LogP contribution in [0.25, 0.3) is 0 Å². The molecule has 0 bridgehead atoms. The maximum absolute atomic E-state index is 14.6. The van der Waals surface area contributed by atoms with E-state index < -0.39 is 11.4 Å². The number of benzene rings is 2. The van der Waals surface area contributed by atoms with E-state index >= 15 is 0 Å². The molecule has 7 heteroatoms. The number of hydrogen-bond acceptors (Lipinski definition) is 2. The van der Waals surface area contributed by atoms with Gasteiger partial charge in [0.05, 0.1) is 24.3 Å². The SMILES string of the molecule is Cc1cc(C(=O)CN2C(=O)N(c3ccc(Cl)cc3F)CC23CCCCC3)ccc1Cl. The number of aryl methyl sites for hydroxylation is 1. The topological polar surface area (TPSA) is 40.6 Å². The maximum Gasteiger partial charge on any atom is 0.325 e. The van der Waals surface area contributed by atoms with Gasteiger partial charge in [-0.15, -0.1) is 0 Å². The molecule has 2 aliphatic rings. The highest BCUT2D eigenvalue weighted by Gasteiger charge is 2.51. The number of halogens is 3. The van der Waals surface area contributed by atoms with E-state index in [9.17, 15) is 14.0 Å². The first-order chi connectivity index (χ1) is 14.3. The van der Waals surface area contributed by atoms with E-state index in [1.165, 1.54) is 17.0 Å². The average Bonchev–Trinajstić information content (AvgIpc) is 2.96. The van der Waals surface area contributed by atoms with Crippen LogP contribution in [0.1, 0.15) is 48.0 Å². The monoisotopic (exact) mass is 448 g/mol. The van der Waals surface area contributed by atoms with E-state index in [0.29, 0.717) is 17.1 Å². The van der Waals surface area contributed by atoms with Gasteiger partial charge in [-0.25, -0.2) is 9.18 Å². The van der Waals surface area contributed by atoms with E-state index in [1.54, 1.807) is 29.2 Å². The molecule has 30 heavy (non-hydrogen) atoms. The Morgan fingerprint density at radius 1 is 1.10 bits per heavy atom. The molecule has 4 rings (SSSR count). The zero-order valence-electron chi connectivity index (χ0n) is 16.8. The fourth-order valence-electron chi connectivity index (χ4n) is 4.61. The van der Waals surface area contributed by atoms with E-state index in [0.717, 1.165) is 37.7 Å². The summed E-state index contributed by atoms with van der Waals surface area (Å²) in [4.78, 5) is 29.5. The lowest BCUT2D eigenvalue weighted by molar-refractivity contribution is 0.0817. The second-order valence-electron chi connectivity index (χ2n) is 8.22. The largest absolute Gasteiger partial charge is 0.325 e. The van der Waals surface area contributed by atoms with Gasteiger partial charge in [0.25, 0.3) is 0 Å². The van der Waals surface area contributed by atoms with Crippen molar-refractivity contribution in [3.63, 3.8) is 0 Å². The minimum atomic E-state index is -0.539. The van der Waals surface area contributed by atoms with Gasteiger partial charge in [-0.05, 0) is 61.7 Å². The van der Waals surface area contributed by atoms with Crippen molar-refractivity contribution in [1.82, 2.24) is 4.90 Å². The number of anilines is 1. The Labute approximate surface area is 185 Å². The van der Waals surface area contributed by atoms with Crippen LogP contribution in [0, 0.1) is 12.7 Å². The molecule has 2 amide bonds. The molecular weight excluding hydrogens is 426 g/mol. The number of hydrogen-bond donors (Lipinski definition) is 0. The zero-order chi connectivity index (χ0) is 21.5.